The summed E-state index contributed by atoms with van der Waals surface area (Å²) in [6.07, 6.45) is 0. The highest BCUT2D eigenvalue weighted by Gasteiger charge is 2.13. The molecule has 0 bridgehead atoms. The fourth-order valence-electron chi connectivity index (χ4n) is 0.933. The Kier molecular flexibility index (Phi) is 2.76. The first-order valence-electron chi connectivity index (χ1n) is 3.26. The monoisotopic (exact) mass is 149 g/mol. The predicted octanol–water partition coefficient (Wildman–Crippen LogP) is 0.903. The van der Waals surface area contributed by atoms with Crippen molar-refractivity contribution in [3.05, 3.63) is 0 Å². The van der Waals surface area contributed by atoms with Crippen LogP contribution >= 0.6 is 11.6 Å². The van der Waals surface area contributed by atoms with E-state index in [4.69, 9.17) is 16.3 Å². The van der Waals surface area contributed by atoms with Crippen LogP contribution in [0.5, 0.6) is 0 Å². The second-order valence-electron chi connectivity index (χ2n) is 2.22. The molecule has 0 amide bonds. The van der Waals surface area contributed by atoms with Crippen LogP contribution in [0.25, 0.3) is 0 Å². The van der Waals surface area contributed by atoms with Crippen LogP contribution < -0.4 is 0 Å². The second kappa shape index (κ2) is 3.40. The van der Waals surface area contributed by atoms with Crippen molar-refractivity contribution >= 4 is 11.6 Å². The Hall–Kier alpha value is 0.210. The summed E-state index contributed by atoms with van der Waals surface area (Å²) in [5.74, 6) is 0. The van der Waals surface area contributed by atoms with Crippen molar-refractivity contribution in [1.82, 2.24) is 4.90 Å². The van der Waals surface area contributed by atoms with Gasteiger partial charge in [-0.2, -0.15) is 0 Å². The van der Waals surface area contributed by atoms with E-state index in [9.17, 15) is 0 Å². The van der Waals surface area contributed by atoms with Crippen molar-refractivity contribution < 1.29 is 4.74 Å². The van der Waals surface area contributed by atoms with Gasteiger partial charge in [0.2, 0.25) is 0 Å². The van der Waals surface area contributed by atoms with Gasteiger partial charge in [-0.05, 0) is 6.92 Å². The zero-order valence-electron chi connectivity index (χ0n) is 5.64. The highest BCUT2D eigenvalue weighted by Crippen LogP contribution is 2.05. The van der Waals surface area contributed by atoms with Gasteiger partial charge in [-0.1, -0.05) is 0 Å². The third-order valence-corrected chi connectivity index (χ3v) is 1.82. The first-order valence-corrected chi connectivity index (χ1v) is 3.70. The van der Waals surface area contributed by atoms with E-state index in [2.05, 4.69) is 4.90 Å². The summed E-state index contributed by atoms with van der Waals surface area (Å²) >= 11 is 5.83. The van der Waals surface area contributed by atoms with Crippen LogP contribution in [0, 0.1) is 0 Å². The maximum absolute atomic E-state index is 5.83. The predicted molar refractivity (Wildman–Crippen MR) is 37.7 cm³/mol. The molecule has 0 N–H and O–H groups in total. The van der Waals surface area contributed by atoms with Gasteiger partial charge in [0.05, 0.1) is 18.7 Å². The molecule has 1 aliphatic rings. The lowest BCUT2D eigenvalue weighted by atomic mass is 10.4. The molecule has 3 heteroatoms. The van der Waals surface area contributed by atoms with Gasteiger partial charge in [0.25, 0.3) is 0 Å². The molecule has 54 valence electrons. The molecule has 0 aromatic heterocycles. The van der Waals surface area contributed by atoms with Crippen molar-refractivity contribution in [2.45, 2.75) is 12.4 Å². The van der Waals surface area contributed by atoms with E-state index in [0.29, 0.717) is 0 Å². The maximum Gasteiger partial charge on any atom is 0.0823 e. The molecule has 9 heavy (non-hydrogen) atoms. The number of morpholine rings is 1. The summed E-state index contributed by atoms with van der Waals surface area (Å²) < 4.78 is 5.15. The Bertz CT molecular complexity index is 81.1. The van der Waals surface area contributed by atoms with E-state index in [1.807, 2.05) is 6.92 Å². The van der Waals surface area contributed by atoms with Gasteiger partial charge < -0.3 is 4.74 Å². The van der Waals surface area contributed by atoms with Gasteiger partial charge in [0.15, 0.2) is 0 Å². The highest BCUT2D eigenvalue weighted by atomic mass is 35.5. The van der Waals surface area contributed by atoms with Crippen molar-refractivity contribution in [2.75, 3.05) is 26.3 Å². The van der Waals surface area contributed by atoms with Gasteiger partial charge in [-0.3, -0.25) is 4.90 Å². The lowest BCUT2D eigenvalue weighted by Gasteiger charge is -2.28. The van der Waals surface area contributed by atoms with Crippen molar-refractivity contribution in [1.29, 1.82) is 0 Å². The number of ether oxygens (including phenoxy) is 1. The lowest BCUT2D eigenvalue weighted by molar-refractivity contribution is 0.0340. The van der Waals surface area contributed by atoms with Crippen LogP contribution in [0.4, 0.5) is 0 Å². The summed E-state index contributed by atoms with van der Waals surface area (Å²) in [6.45, 7) is 5.61. The van der Waals surface area contributed by atoms with Gasteiger partial charge in [-0.25, -0.2) is 0 Å². The average molecular weight is 150 g/mol. The molecule has 1 aliphatic heterocycles. The quantitative estimate of drug-likeness (QED) is 0.406. The zero-order valence-corrected chi connectivity index (χ0v) is 6.40. The van der Waals surface area contributed by atoms with Gasteiger partial charge in [0.1, 0.15) is 0 Å². The Labute approximate surface area is 60.7 Å². The van der Waals surface area contributed by atoms with Gasteiger partial charge >= 0.3 is 0 Å². The van der Waals surface area contributed by atoms with Crippen LogP contribution in [0.1, 0.15) is 6.92 Å². The number of rotatable bonds is 1. The van der Waals surface area contributed by atoms with Crippen molar-refractivity contribution in [2.24, 2.45) is 0 Å². The fraction of sp³-hybridized carbons (Fsp3) is 1.00. The van der Waals surface area contributed by atoms with Crippen LogP contribution in [0.15, 0.2) is 0 Å². The molecule has 1 fully saturated rings. The number of hydrogen-bond donors (Lipinski definition) is 0. The largest absolute Gasteiger partial charge is 0.379 e. The standard InChI is InChI=1S/C6H12ClNO/c1-6(7)8-2-4-9-5-3-8/h6H,2-5H2,1H3/t6-/m1/s1. The molecular formula is C6H12ClNO. The smallest absolute Gasteiger partial charge is 0.0823 e. The SMILES string of the molecule is C[C@H](Cl)N1CCOCC1. The summed E-state index contributed by atoms with van der Waals surface area (Å²) in [5, 5.41) is 0. The molecule has 2 nitrogen and oxygen atoms in total. The molecular weight excluding hydrogens is 138 g/mol. The zero-order chi connectivity index (χ0) is 6.69. The average Bonchev–Trinajstić information content (AvgIpc) is 1.90. The molecule has 0 unspecified atom stereocenters. The molecule has 0 aliphatic carbocycles. The van der Waals surface area contributed by atoms with Crippen molar-refractivity contribution in [3.63, 3.8) is 0 Å². The van der Waals surface area contributed by atoms with Crippen LogP contribution in [-0.4, -0.2) is 36.7 Å². The Morgan fingerprint density at radius 2 is 2.00 bits per heavy atom. The Morgan fingerprint density at radius 3 is 2.33 bits per heavy atom. The first kappa shape index (κ1) is 7.32. The molecule has 1 saturated heterocycles. The van der Waals surface area contributed by atoms with E-state index >= 15 is 0 Å². The van der Waals surface area contributed by atoms with E-state index in [-0.39, 0.29) is 5.50 Å². The molecule has 1 heterocycles. The van der Waals surface area contributed by atoms with E-state index in [1.165, 1.54) is 0 Å². The van der Waals surface area contributed by atoms with Gasteiger partial charge in [0, 0.05) is 13.1 Å². The van der Waals surface area contributed by atoms with E-state index in [0.717, 1.165) is 26.3 Å². The van der Waals surface area contributed by atoms with Crippen LogP contribution in [0.3, 0.4) is 0 Å². The third-order valence-electron chi connectivity index (χ3n) is 1.55. The normalized spacial score (nSPS) is 26.0. The third kappa shape index (κ3) is 2.12. The topological polar surface area (TPSA) is 12.5 Å². The lowest BCUT2D eigenvalue weighted by Crippen LogP contribution is -2.39. The van der Waals surface area contributed by atoms with Crippen LogP contribution in [0.2, 0.25) is 0 Å². The second-order valence-corrected chi connectivity index (χ2v) is 2.85. The van der Waals surface area contributed by atoms with Crippen LogP contribution in [-0.2, 0) is 4.74 Å². The Morgan fingerprint density at radius 1 is 1.44 bits per heavy atom. The maximum atomic E-state index is 5.83. The number of halogens is 1. The highest BCUT2D eigenvalue weighted by molar-refractivity contribution is 6.20. The first-order chi connectivity index (χ1) is 4.30. The minimum atomic E-state index is 0.161. The summed E-state index contributed by atoms with van der Waals surface area (Å²) in [7, 11) is 0. The van der Waals surface area contributed by atoms with Crippen molar-refractivity contribution in [3.8, 4) is 0 Å². The number of hydrogen-bond acceptors (Lipinski definition) is 2. The van der Waals surface area contributed by atoms with Gasteiger partial charge in [-0.15, -0.1) is 11.6 Å². The summed E-state index contributed by atoms with van der Waals surface area (Å²) in [5.41, 5.74) is 0.161. The Balaban J connectivity index is 2.23. The number of alkyl halides is 1. The minimum absolute atomic E-state index is 0.161. The molecule has 0 spiro atoms. The minimum Gasteiger partial charge on any atom is -0.379 e. The molecule has 0 saturated carbocycles. The van der Waals surface area contributed by atoms with E-state index < -0.39 is 0 Å². The molecule has 1 rings (SSSR count). The molecule has 1 atom stereocenters. The molecule has 0 radical (unpaired) electrons. The fourth-order valence-corrected chi connectivity index (χ4v) is 1.13. The molecule has 0 aromatic rings. The van der Waals surface area contributed by atoms with E-state index in [1.54, 1.807) is 0 Å². The molecule has 0 aromatic carbocycles. The number of nitrogens with zero attached hydrogens (tertiary/aromatic N) is 1. The summed E-state index contributed by atoms with van der Waals surface area (Å²) in [6, 6.07) is 0. The summed E-state index contributed by atoms with van der Waals surface area (Å²) in [4.78, 5) is 2.20.